The van der Waals surface area contributed by atoms with Crippen molar-refractivity contribution in [3.8, 4) is 5.75 Å². The minimum Gasteiger partial charge on any atom is -0.496 e. The van der Waals surface area contributed by atoms with E-state index < -0.39 is 5.41 Å². The normalized spacial score (nSPS) is 16.6. The van der Waals surface area contributed by atoms with Crippen LogP contribution in [0.4, 0.5) is 0 Å². The second kappa shape index (κ2) is 9.20. The van der Waals surface area contributed by atoms with Crippen molar-refractivity contribution in [3.05, 3.63) is 29.8 Å². The van der Waals surface area contributed by atoms with Gasteiger partial charge in [-0.05, 0) is 46.3 Å². The molecule has 1 heterocycles. The van der Waals surface area contributed by atoms with Gasteiger partial charge in [0.1, 0.15) is 5.75 Å². The molecule has 140 valence electrons. The summed E-state index contributed by atoms with van der Waals surface area (Å²) in [5.41, 5.74) is 0.316. The Hall–Kier alpha value is -1.59. The van der Waals surface area contributed by atoms with E-state index in [9.17, 15) is 4.79 Å². The summed E-state index contributed by atoms with van der Waals surface area (Å²) in [6.07, 6.45) is 2.14. The fourth-order valence-corrected chi connectivity index (χ4v) is 3.24. The summed E-state index contributed by atoms with van der Waals surface area (Å²) in [4.78, 5) is 17.5. The Morgan fingerprint density at radius 2 is 1.84 bits per heavy atom. The molecule has 0 aliphatic carbocycles. The number of unbranched alkanes of at least 4 members (excludes halogenated alkanes) is 1. The topological polar surface area (TPSA) is 44.8 Å². The van der Waals surface area contributed by atoms with Gasteiger partial charge < -0.3 is 19.9 Å². The summed E-state index contributed by atoms with van der Waals surface area (Å²) in [5, 5.41) is 3.10. The standard InChI is InChI=1S/C20H33N3O2/c1-20(2,17-9-5-6-10-18(17)25-4)19(24)21-11-7-8-12-23-15-13-22(3)14-16-23/h5-6,9-10H,7-8,11-16H2,1-4H3,(H,21,24). The van der Waals surface area contributed by atoms with Gasteiger partial charge in [0, 0.05) is 38.3 Å². The van der Waals surface area contributed by atoms with Crippen LogP contribution in [0, 0.1) is 0 Å². The van der Waals surface area contributed by atoms with Crippen molar-refractivity contribution in [1.29, 1.82) is 0 Å². The van der Waals surface area contributed by atoms with Crippen LogP contribution >= 0.6 is 0 Å². The van der Waals surface area contributed by atoms with Crippen molar-refractivity contribution >= 4 is 5.91 Å². The molecule has 2 rings (SSSR count). The zero-order valence-electron chi connectivity index (χ0n) is 16.2. The second-order valence-electron chi connectivity index (χ2n) is 7.43. The number of benzene rings is 1. The van der Waals surface area contributed by atoms with Crippen molar-refractivity contribution in [3.63, 3.8) is 0 Å². The molecule has 1 aromatic rings. The lowest BCUT2D eigenvalue weighted by Crippen LogP contribution is -2.44. The van der Waals surface area contributed by atoms with Crippen LogP contribution in [0.2, 0.25) is 0 Å². The maximum Gasteiger partial charge on any atom is 0.230 e. The molecule has 0 aromatic heterocycles. The number of para-hydroxylation sites is 1. The van der Waals surface area contributed by atoms with Crippen LogP contribution in [-0.2, 0) is 10.2 Å². The first-order valence-corrected chi connectivity index (χ1v) is 9.28. The molecule has 0 atom stereocenters. The zero-order valence-corrected chi connectivity index (χ0v) is 16.2. The maximum atomic E-state index is 12.7. The number of ether oxygens (including phenoxy) is 1. The van der Waals surface area contributed by atoms with Crippen molar-refractivity contribution in [2.24, 2.45) is 0 Å². The van der Waals surface area contributed by atoms with Crippen molar-refractivity contribution < 1.29 is 9.53 Å². The first-order chi connectivity index (χ1) is 11.9. The Bertz CT molecular complexity index is 552. The third-order valence-corrected chi connectivity index (χ3v) is 5.13. The molecule has 0 spiro atoms. The highest BCUT2D eigenvalue weighted by Gasteiger charge is 2.32. The molecule has 5 heteroatoms. The average molecular weight is 348 g/mol. The number of likely N-dealkylation sites (N-methyl/N-ethyl adjacent to an activating group) is 1. The molecular weight excluding hydrogens is 314 g/mol. The summed E-state index contributed by atoms with van der Waals surface area (Å²) in [6, 6.07) is 7.74. The SMILES string of the molecule is COc1ccccc1C(C)(C)C(=O)NCCCCN1CCN(C)CC1. The van der Waals surface area contributed by atoms with Crippen molar-refractivity contribution in [2.45, 2.75) is 32.1 Å². The van der Waals surface area contributed by atoms with Crippen LogP contribution in [0.25, 0.3) is 0 Å². The van der Waals surface area contributed by atoms with Gasteiger partial charge in [-0.3, -0.25) is 4.79 Å². The van der Waals surface area contributed by atoms with E-state index in [0.717, 1.165) is 63.4 Å². The Morgan fingerprint density at radius 1 is 1.16 bits per heavy atom. The Morgan fingerprint density at radius 3 is 2.52 bits per heavy atom. The summed E-state index contributed by atoms with van der Waals surface area (Å²) >= 11 is 0. The average Bonchev–Trinajstić information content (AvgIpc) is 2.62. The quantitative estimate of drug-likeness (QED) is 0.732. The number of nitrogens with zero attached hydrogens (tertiary/aromatic N) is 2. The predicted molar refractivity (Wildman–Crippen MR) is 102 cm³/mol. The molecule has 0 saturated carbocycles. The monoisotopic (exact) mass is 347 g/mol. The number of nitrogens with one attached hydrogen (secondary N) is 1. The summed E-state index contributed by atoms with van der Waals surface area (Å²) in [6.45, 7) is 10.4. The summed E-state index contributed by atoms with van der Waals surface area (Å²) in [5.74, 6) is 0.814. The van der Waals surface area contributed by atoms with Crippen molar-refractivity contribution in [2.75, 3.05) is 53.4 Å². The number of piperazine rings is 1. The fraction of sp³-hybridized carbons (Fsp3) is 0.650. The van der Waals surface area contributed by atoms with Crippen LogP contribution in [0.5, 0.6) is 5.75 Å². The number of carbonyl (C=O) groups is 1. The third kappa shape index (κ3) is 5.44. The molecule has 1 aliphatic heterocycles. The van der Waals surface area contributed by atoms with Gasteiger partial charge in [-0.1, -0.05) is 18.2 Å². The van der Waals surface area contributed by atoms with Crippen molar-refractivity contribution in [1.82, 2.24) is 15.1 Å². The Kier molecular flexibility index (Phi) is 7.26. The fourth-order valence-electron chi connectivity index (χ4n) is 3.24. The van der Waals surface area contributed by atoms with E-state index in [-0.39, 0.29) is 5.91 Å². The number of carbonyl (C=O) groups excluding carboxylic acids is 1. The maximum absolute atomic E-state index is 12.7. The van der Waals surface area contributed by atoms with Gasteiger partial charge in [0.05, 0.1) is 12.5 Å². The van der Waals surface area contributed by atoms with Gasteiger partial charge in [0.15, 0.2) is 0 Å². The smallest absolute Gasteiger partial charge is 0.230 e. The summed E-state index contributed by atoms with van der Waals surface area (Å²) in [7, 11) is 3.82. The number of amides is 1. The Labute approximate surface area is 152 Å². The van der Waals surface area contributed by atoms with Gasteiger partial charge in [0.2, 0.25) is 5.91 Å². The molecule has 1 fully saturated rings. The minimum absolute atomic E-state index is 0.0524. The van der Waals surface area contributed by atoms with E-state index in [1.807, 2.05) is 38.1 Å². The van der Waals surface area contributed by atoms with Gasteiger partial charge in [0.25, 0.3) is 0 Å². The van der Waals surface area contributed by atoms with E-state index in [2.05, 4.69) is 22.2 Å². The van der Waals surface area contributed by atoms with Gasteiger partial charge >= 0.3 is 0 Å². The molecule has 0 bridgehead atoms. The number of methoxy groups -OCH3 is 1. The zero-order chi connectivity index (χ0) is 18.3. The van der Waals surface area contributed by atoms with E-state index >= 15 is 0 Å². The molecule has 5 nitrogen and oxygen atoms in total. The molecular formula is C20H33N3O2. The first-order valence-electron chi connectivity index (χ1n) is 9.28. The first kappa shape index (κ1) is 19.7. The summed E-state index contributed by atoms with van der Waals surface area (Å²) < 4.78 is 5.41. The van der Waals surface area contributed by atoms with Crippen LogP contribution in [-0.4, -0.2) is 69.1 Å². The molecule has 1 amide bonds. The van der Waals surface area contributed by atoms with E-state index in [1.165, 1.54) is 0 Å². The molecule has 25 heavy (non-hydrogen) atoms. The number of hydrogen-bond acceptors (Lipinski definition) is 4. The highest BCUT2D eigenvalue weighted by Crippen LogP contribution is 2.31. The largest absolute Gasteiger partial charge is 0.496 e. The molecule has 0 radical (unpaired) electrons. The molecule has 0 unspecified atom stereocenters. The highest BCUT2D eigenvalue weighted by atomic mass is 16.5. The third-order valence-electron chi connectivity index (χ3n) is 5.13. The van der Waals surface area contributed by atoms with E-state index in [0.29, 0.717) is 0 Å². The van der Waals surface area contributed by atoms with E-state index in [1.54, 1.807) is 7.11 Å². The highest BCUT2D eigenvalue weighted by molar-refractivity contribution is 5.88. The molecule has 1 aromatic carbocycles. The Balaban J connectivity index is 1.74. The minimum atomic E-state index is -0.607. The lowest BCUT2D eigenvalue weighted by molar-refractivity contribution is -0.125. The van der Waals surface area contributed by atoms with Crippen LogP contribution < -0.4 is 10.1 Å². The van der Waals surface area contributed by atoms with Crippen LogP contribution in [0.15, 0.2) is 24.3 Å². The molecule has 1 saturated heterocycles. The van der Waals surface area contributed by atoms with Crippen LogP contribution in [0.3, 0.4) is 0 Å². The lowest BCUT2D eigenvalue weighted by Gasteiger charge is -2.32. The van der Waals surface area contributed by atoms with Gasteiger partial charge in [-0.15, -0.1) is 0 Å². The van der Waals surface area contributed by atoms with Gasteiger partial charge in [-0.2, -0.15) is 0 Å². The number of rotatable bonds is 8. The van der Waals surface area contributed by atoms with Gasteiger partial charge in [-0.25, -0.2) is 0 Å². The molecule has 1 aliphatic rings. The second-order valence-corrected chi connectivity index (χ2v) is 7.43. The predicted octanol–water partition coefficient (Wildman–Crippen LogP) is 2.12. The molecule has 1 N–H and O–H groups in total. The van der Waals surface area contributed by atoms with E-state index in [4.69, 9.17) is 4.74 Å². The van der Waals surface area contributed by atoms with Crippen LogP contribution in [0.1, 0.15) is 32.3 Å². The lowest BCUT2D eigenvalue weighted by atomic mass is 9.83. The number of hydrogen-bond donors (Lipinski definition) is 1.